The van der Waals surface area contributed by atoms with Crippen LogP contribution in [0.1, 0.15) is 16.7 Å². The molecule has 0 heterocycles. The average molecular weight is 528 g/mol. The van der Waals surface area contributed by atoms with E-state index in [0.29, 0.717) is 11.6 Å². The Hall–Kier alpha value is -3.20. The number of carbonyl (C=O) groups is 2. The highest BCUT2D eigenvalue weighted by atomic mass is 35.5. The maximum Gasteiger partial charge on any atom is 0.243 e. The SMILES string of the molecule is CN(CC(=O)N(Cc1ccc(Cl)cc1)C(Cc1ccccc1)C(=O)NCc1ccccc1)S(C)(=O)=O. The molecule has 0 fully saturated rings. The molecule has 3 aromatic rings. The van der Waals surface area contributed by atoms with Crippen molar-refractivity contribution in [3.8, 4) is 0 Å². The van der Waals surface area contributed by atoms with E-state index in [9.17, 15) is 18.0 Å². The van der Waals surface area contributed by atoms with E-state index in [4.69, 9.17) is 11.6 Å². The molecular formula is C27H30ClN3O4S. The fourth-order valence-corrected chi connectivity index (χ4v) is 4.11. The van der Waals surface area contributed by atoms with Crippen LogP contribution in [0.25, 0.3) is 0 Å². The summed E-state index contributed by atoms with van der Waals surface area (Å²) in [7, 11) is -2.25. The largest absolute Gasteiger partial charge is 0.350 e. The zero-order valence-corrected chi connectivity index (χ0v) is 21.9. The number of benzene rings is 3. The zero-order valence-electron chi connectivity index (χ0n) is 20.3. The highest BCUT2D eigenvalue weighted by Crippen LogP contribution is 2.17. The molecular weight excluding hydrogens is 498 g/mol. The number of likely N-dealkylation sites (N-methyl/N-ethyl adjacent to an activating group) is 1. The Morgan fingerprint density at radius 1 is 0.861 bits per heavy atom. The Kier molecular flexibility index (Phi) is 9.64. The quantitative estimate of drug-likeness (QED) is 0.413. The minimum atomic E-state index is -3.59. The summed E-state index contributed by atoms with van der Waals surface area (Å²) in [6.45, 7) is 0.0325. The molecule has 9 heteroatoms. The lowest BCUT2D eigenvalue weighted by atomic mass is 10.0. The molecule has 0 saturated carbocycles. The zero-order chi connectivity index (χ0) is 26.1. The summed E-state index contributed by atoms with van der Waals surface area (Å²) in [6.07, 6.45) is 1.31. The van der Waals surface area contributed by atoms with E-state index < -0.39 is 22.0 Å². The van der Waals surface area contributed by atoms with Gasteiger partial charge in [-0.05, 0) is 28.8 Å². The first kappa shape index (κ1) is 27.4. The number of nitrogens with one attached hydrogen (secondary N) is 1. The van der Waals surface area contributed by atoms with Crippen molar-refractivity contribution in [2.75, 3.05) is 19.8 Å². The van der Waals surface area contributed by atoms with Gasteiger partial charge in [0, 0.05) is 31.6 Å². The molecule has 0 aliphatic rings. The van der Waals surface area contributed by atoms with Gasteiger partial charge in [0.05, 0.1) is 12.8 Å². The molecule has 36 heavy (non-hydrogen) atoms. The lowest BCUT2D eigenvalue weighted by Gasteiger charge is -2.32. The van der Waals surface area contributed by atoms with Crippen molar-refractivity contribution in [1.29, 1.82) is 0 Å². The van der Waals surface area contributed by atoms with E-state index >= 15 is 0 Å². The van der Waals surface area contributed by atoms with Crippen LogP contribution >= 0.6 is 11.6 Å². The van der Waals surface area contributed by atoms with E-state index in [1.165, 1.54) is 11.9 Å². The first-order valence-corrected chi connectivity index (χ1v) is 13.7. The van der Waals surface area contributed by atoms with Crippen LogP contribution < -0.4 is 5.32 Å². The number of halogens is 1. The van der Waals surface area contributed by atoms with Crippen molar-refractivity contribution >= 4 is 33.4 Å². The van der Waals surface area contributed by atoms with Crippen LogP contribution in [-0.4, -0.2) is 55.3 Å². The normalized spacial score (nSPS) is 12.2. The summed E-state index contributed by atoms with van der Waals surface area (Å²) in [5.41, 5.74) is 2.57. The average Bonchev–Trinajstić information content (AvgIpc) is 2.86. The van der Waals surface area contributed by atoms with Gasteiger partial charge < -0.3 is 10.2 Å². The Bertz CT molecular complexity index is 1250. The Labute approximate surface area is 217 Å². The van der Waals surface area contributed by atoms with Gasteiger partial charge in [0.1, 0.15) is 6.04 Å². The molecule has 0 bridgehead atoms. The number of nitrogens with zero attached hydrogens (tertiary/aromatic N) is 2. The van der Waals surface area contributed by atoms with E-state index in [0.717, 1.165) is 27.3 Å². The Balaban J connectivity index is 1.94. The molecule has 3 aromatic carbocycles. The monoisotopic (exact) mass is 527 g/mol. The number of amides is 2. The summed E-state index contributed by atoms with van der Waals surface area (Å²) < 4.78 is 25.0. The number of carbonyl (C=O) groups excluding carboxylic acids is 2. The van der Waals surface area contributed by atoms with Crippen LogP contribution in [0.15, 0.2) is 84.9 Å². The second-order valence-electron chi connectivity index (χ2n) is 8.58. The van der Waals surface area contributed by atoms with Crippen molar-refractivity contribution < 1.29 is 18.0 Å². The molecule has 2 amide bonds. The van der Waals surface area contributed by atoms with Crippen LogP contribution in [-0.2, 0) is 39.1 Å². The summed E-state index contributed by atoms with van der Waals surface area (Å²) in [5, 5.41) is 3.50. The van der Waals surface area contributed by atoms with Crippen LogP contribution in [0.5, 0.6) is 0 Å². The van der Waals surface area contributed by atoms with Crippen molar-refractivity contribution in [1.82, 2.24) is 14.5 Å². The first-order chi connectivity index (χ1) is 17.1. The van der Waals surface area contributed by atoms with E-state index in [1.54, 1.807) is 24.3 Å². The number of sulfonamides is 1. The van der Waals surface area contributed by atoms with Crippen molar-refractivity contribution in [2.45, 2.75) is 25.6 Å². The minimum Gasteiger partial charge on any atom is -0.350 e. The van der Waals surface area contributed by atoms with Crippen LogP contribution in [0.3, 0.4) is 0 Å². The highest BCUT2D eigenvalue weighted by Gasteiger charge is 2.31. The molecule has 0 saturated heterocycles. The van der Waals surface area contributed by atoms with Gasteiger partial charge in [-0.25, -0.2) is 8.42 Å². The third-order valence-electron chi connectivity index (χ3n) is 5.77. The van der Waals surface area contributed by atoms with Crippen molar-refractivity contribution in [3.63, 3.8) is 0 Å². The van der Waals surface area contributed by atoms with Crippen LogP contribution in [0, 0.1) is 0 Å². The number of rotatable bonds is 11. The molecule has 0 aliphatic heterocycles. The molecule has 1 N–H and O–H groups in total. The third-order valence-corrected chi connectivity index (χ3v) is 7.28. The maximum absolute atomic E-state index is 13.5. The predicted molar refractivity (Wildman–Crippen MR) is 142 cm³/mol. The Morgan fingerprint density at radius 2 is 1.42 bits per heavy atom. The smallest absolute Gasteiger partial charge is 0.243 e. The predicted octanol–water partition coefficient (Wildman–Crippen LogP) is 3.49. The lowest BCUT2D eigenvalue weighted by Crippen LogP contribution is -2.52. The summed E-state index contributed by atoms with van der Waals surface area (Å²) in [6, 6.07) is 25.0. The van der Waals surface area contributed by atoms with Gasteiger partial charge in [-0.15, -0.1) is 0 Å². The van der Waals surface area contributed by atoms with E-state index in [-0.39, 0.29) is 25.4 Å². The summed E-state index contributed by atoms with van der Waals surface area (Å²) >= 11 is 6.03. The second kappa shape index (κ2) is 12.7. The molecule has 0 aliphatic carbocycles. The third kappa shape index (κ3) is 8.19. The van der Waals surface area contributed by atoms with Gasteiger partial charge in [0.2, 0.25) is 21.8 Å². The highest BCUT2D eigenvalue weighted by molar-refractivity contribution is 7.88. The molecule has 0 radical (unpaired) electrons. The lowest BCUT2D eigenvalue weighted by molar-refractivity contribution is -0.141. The molecule has 0 spiro atoms. The van der Waals surface area contributed by atoms with Gasteiger partial charge in [-0.3, -0.25) is 9.59 Å². The molecule has 7 nitrogen and oxygen atoms in total. The minimum absolute atomic E-state index is 0.115. The topological polar surface area (TPSA) is 86.8 Å². The molecule has 1 unspecified atom stereocenters. The van der Waals surface area contributed by atoms with Gasteiger partial charge >= 0.3 is 0 Å². The molecule has 1 atom stereocenters. The fraction of sp³-hybridized carbons (Fsp3) is 0.259. The maximum atomic E-state index is 13.5. The Morgan fingerprint density at radius 3 is 1.97 bits per heavy atom. The molecule has 3 rings (SSSR count). The van der Waals surface area contributed by atoms with E-state index in [2.05, 4.69) is 5.32 Å². The summed E-state index contributed by atoms with van der Waals surface area (Å²) in [5.74, 6) is -0.805. The van der Waals surface area contributed by atoms with E-state index in [1.807, 2.05) is 60.7 Å². The number of hydrogen-bond acceptors (Lipinski definition) is 4. The molecule has 0 aromatic heterocycles. The van der Waals surface area contributed by atoms with Crippen LogP contribution in [0.4, 0.5) is 0 Å². The second-order valence-corrected chi connectivity index (χ2v) is 11.1. The van der Waals surface area contributed by atoms with Gasteiger partial charge in [-0.2, -0.15) is 4.31 Å². The molecule has 190 valence electrons. The first-order valence-electron chi connectivity index (χ1n) is 11.4. The van der Waals surface area contributed by atoms with Gasteiger partial charge in [0.25, 0.3) is 0 Å². The van der Waals surface area contributed by atoms with Crippen molar-refractivity contribution in [3.05, 3.63) is 107 Å². The van der Waals surface area contributed by atoms with Crippen molar-refractivity contribution in [2.24, 2.45) is 0 Å². The summed E-state index contributed by atoms with van der Waals surface area (Å²) in [4.78, 5) is 28.5. The standard InChI is InChI=1S/C27H30ClN3O4S/c1-30(36(2,34)35)20-26(32)31(19-23-13-15-24(28)16-14-23)25(17-21-9-5-3-6-10-21)27(33)29-18-22-11-7-4-8-12-22/h3-16,25H,17-20H2,1-2H3,(H,29,33). The number of hydrogen-bond donors (Lipinski definition) is 1. The fourth-order valence-electron chi connectivity index (χ4n) is 3.64. The van der Waals surface area contributed by atoms with Gasteiger partial charge in [-0.1, -0.05) is 84.4 Å². The van der Waals surface area contributed by atoms with Gasteiger partial charge in [0.15, 0.2) is 0 Å². The van der Waals surface area contributed by atoms with Crippen LogP contribution in [0.2, 0.25) is 5.02 Å².